The van der Waals surface area contributed by atoms with Crippen molar-refractivity contribution in [3.05, 3.63) is 38.7 Å². The molecule has 0 radical (unpaired) electrons. The molecule has 0 unspecified atom stereocenters. The summed E-state index contributed by atoms with van der Waals surface area (Å²) in [6, 6.07) is 0. The zero-order valence-corrected chi connectivity index (χ0v) is 10.8. The fourth-order valence-electron chi connectivity index (χ4n) is 2.10. The summed E-state index contributed by atoms with van der Waals surface area (Å²) in [7, 11) is 0. The molecular formula is C12H16N2O6. The maximum atomic E-state index is 11.8. The normalized spacial score (nSPS) is 30.2. The minimum atomic E-state index is -1.38. The molecule has 1 aliphatic heterocycles. The summed E-state index contributed by atoms with van der Waals surface area (Å²) in [4.78, 5) is 25.4. The highest BCUT2D eigenvalue weighted by molar-refractivity contribution is 5.45. The number of hydrogen-bond acceptors (Lipinski definition) is 6. The molecule has 0 bridgehead atoms. The van der Waals surface area contributed by atoms with Crippen LogP contribution in [0.15, 0.2) is 21.9 Å². The summed E-state index contributed by atoms with van der Waals surface area (Å²) in [6.45, 7) is 1.22. The van der Waals surface area contributed by atoms with E-state index in [0.717, 1.165) is 4.57 Å². The first-order chi connectivity index (χ1) is 9.49. The molecule has 2 rings (SSSR count). The first-order valence-electron chi connectivity index (χ1n) is 6.10. The Kier molecular flexibility index (Phi) is 4.19. The summed E-state index contributed by atoms with van der Waals surface area (Å²) >= 11 is 0. The van der Waals surface area contributed by atoms with Crippen LogP contribution in [-0.4, -0.2) is 49.8 Å². The molecule has 4 N–H and O–H groups in total. The number of aromatic amines is 1. The van der Waals surface area contributed by atoms with E-state index in [0.29, 0.717) is 0 Å². The number of nitrogens with zero attached hydrogens (tertiary/aromatic N) is 1. The van der Waals surface area contributed by atoms with Gasteiger partial charge < -0.3 is 20.1 Å². The number of allylic oxidation sites excluding steroid dienone is 1. The Bertz CT molecular complexity index is 619. The van der Waals surface area contributed by atoms with Crippen LogP contribution < -0.4 is 11.2 Å². The van der Waals surface area contributed by atoms with Crippen LogP contribution in [0.1, 0.15) is 18.7 Å². The molecule has 1 aliphatic rings. The van der Waals surface area contributed by atoms with Gasteiger partial charge in [-0.15, -0.1) is 0 Å². The fraction of sp³-hybridized carbons (Fsp3) is 0.500. The molecule has 1 saturated heterocycles. The predicted octanol–water partition coefficient (Wildman–Crippen LogP) is -1.82. The van der Waals surface area contributed by atoms with Crippen molar-refractivity contribution in [3.63, 3.8) is 0 Å². The van der Waals surface area contributed by atoms with E-state index in [2.05, 4.69) is 4.98 Å². The van der Waals surface area contributed by atoms with Gasteiger partial charge in [0.2, 0.25) is 0 Å². The topological polar surface area (TPSA) is 125 Å². The number of ether oxygens (including phenoxy) is 1. The quantitative estimate of drug-likeness (QED) is 0.518. The second-order valence-corrected chi connectivity index (χ2v) is 4.48. The maximum absolute atomic E-state index is 11.8. The molecule has 110 valence electrons. The molecule has 20 heavy (non-hydrogen) atoms. The van der Waals surface area contributed by atoms with E-state index in [4.69, 9.17) is 9.84 Å². The molecule has 8 nitrogen and oxygen atoms in total. The van der Waals surface area contributed by atoms with Gasteiger partial charge in [-0.2, -0.15) is 0 Å². The minimum absolute atomic E-state index is 0.213. The van der Waals surface area contributed by atoms with E-state index in [1.807, 2.05) is 0 Å². The van der Waals surface area contributed by atoms with E-state index >= 15 is 0 Å². The highest BCUT2D eigenvalue weighted by Crippen LogP contribution is 2.27. The van der Waals surface area contributed by atoms with Crippen molar-refractivity contribution in [2.75, 3.05) is 6.61 Å². The summed E-state index contributed by atoms with van der Waals surface area (Å²) in [5.74, 6) is 0. The van der Waals surface area contributed by atoms with Crippen molar-refractivity contribution < 1.29 is 20.1 Å². The molecular weight excluding hydrogens is 268 g/mol. The van der Waals surface area contributed by atoms with Crippen LogP contribution in [-0.2, 0) is 4.74 Å². The number of aromatic nitrogens is 2. The molecule has 0 aliphatic carbocycles. The first-order valence-corrected chi connectivity index (χ1v) is 6.10. The number of nitrogens with one attached hydrogen (secondary N) is 1. The fourth-order valence-corrected chi connectivity index (χ4v) is 2.10. The highest BCUT2D eigenvalue weighted by atomic mass is 16.6. The molecule has 8 heteroatoms. The van der Waals surface area contributed by atoms with Gasteiger partial charge in [0.1, 0.15) is 18.3 Å². The van der Waals surface area contributed by atoms with E-state index in [1.165, 1.54) is 12.3 Å². The van der Waals surface area contributed by atoms with Gasteiger partial charge in [0.05, 0.1) is 12.2 Å². The van der Waals surface area contributed by atoms with Crippen LogP contribution in [0, 0.1) is 0 Å². The number of aliphatic hydroxyl groups is 3. The minimum Gasteiger partial charge on any atom is -0.394 e. The van der Waals surface area contributed by atoms with E-state index in [9.17, 15) is 19.8 Å². The Hall–Kier alpha value is -1.74. The van der Waals surface area contributed by atoms with E-state index < -0.39 is 42.4 Å². The average molecular weight is 284 g/mol. The van der Waals surface area contributed by atoms with Gasteiger partial charge in [0.25, 0.3) is 5.56 Å². The average Bonchev–Trinajstić information content (AvgIpc) is 2.70. The van der Waals surface area contributed by atoms with Crippen LogP contribution in [0.5, 0.6) is 0 Å². The summed E-state index contributed by atoms with van der Waals surface area (Å²) < 4.78 is 6.23. The van der Waals surface area contributed by atoms with Crippen LogP contribution in [0.2, 0.25) is 0 Å². The number of aliphatic hydroxyl groups excluding tert-OH is 3. The first kappa shape index (κ1) is 14.7. The number of rotatable bonds is 3. The van der Waals surface area contributed by atoms with Crippen LogP contribution in [0.3, 0.4) is 0 Å². The third-order valence-corrected chi connectivity index (χ3v) is 3.13. The molecule has 0 amide bonds. The largest absolute Gasteiger partial charge is 0.394 e. The van der Waals surface area contributed by atoms with Crippen molar-refractivity contribution in [1.29, 1.82) is 0 Å². The van der Waals surface area contributed by atoms with Crippen molar-refractivity contribution >= 4 is 6.08 Å². The number of hydrogen-bond donors (Lipinski definition) is 4. The highest BCUT2D eigenvalue weighted by Gasteiger charge is 2.43. The van der Waals surface area contributed by atoms with Crippen LogP contribution in [0.25, 0.3) is 6.08 Å². The molecule has 0 saturated carbocycles. The molecule has 1 aromatic heterocycles. The van der Waals surface area contributed by atoms with Gasteiger partial charge in [-0.3, -0.25) is 14.3 Å². The molecule has 2 heterocycles. The molecule has 1 fully saturated rings. The zero-order valence-electron chi connectivity index (χ0n) is 10.8. The van der Waals surface area contributed by atoms with E-state index in [-0.39, 0.29) is 5.56 Å². The SMILES string of the molecule is C/C=C\c1cn([C@@H]2O[C@H](CO)[C@@H](O)[C@H]2O)c(=O)[nH]c1=O. The second-order valence-electron chi connectivity index (χ2n) is 4.48. The molecule has 0 spiro atoms. The van der Waals surface area contributed by atoms with Gasteiger partial charge in [0, 0.05) is 6.20 Å². The Morgan fingerprint density at radius 2 is 2.10 bits per heavy atom. The number of H-pyrrole nitrogens is 1. The Morgan fingerprint density at radius 1 is 1.40 bits per heavy atom. The van der Waals surface area contributed by atoms with Gasteiger partial charge in [-0.1, -0.05) is 12.2 Å². The van der Waals surface area contributed by atoms with E-state index in [1.54, 1.807) is 13.0 Å². The maximum Gasteiger partial charge on any atom is 0.330 e. The summed E-state index contributed by atoms with van der Waals surface area (Å²) in [6.07, 6.45) is -0.494. The van der Waals surface area contributed by atoms with Gasteiger partial charge in [-0.25, -0.2) is 4.79 Å². The second kappa shape index (κ2) is 5.71. The van der Waals surface area contributed by atoms with Gasteiger partial charge in [-0.05, 0) is 6.92 Å². The van der Waals surface area contributed by atoms with Gasteiger partial charge >= 0.3 is 5.69 Å². The smallest absolute Gasteiger partial charge is 0.330 e. The summed E-state index contributed by atoms with van der Waals surface area (Å²) in [5.41, 5.74) is -1.11. The van der Waals surface area contributed by atoms with Crippen molar-refractivity contribution in [1.82, 2.24) is 9.55 Å². The summed E-state index contributed by atoms with van der Waals surface area (Å²) in [5, 5.41) is 28.6. The van der Waals surface area contributed by atoms with Crippen molar-refractivity contribution in [2.45, 2.75) is 31.5 Å². The molecule has 0 aromatic carbocycles. The lowest BCUT2D eigenvalue weighted by atomic mass is 10.1. The Balaban J connectivity index is 2.46. The van der Waals surface area contributed by atoms with Crippen molar-refractivity contribution in [3.8, 4) is 0 Å². The molecule has 4 atom stereocenters. The predicted molar refractivity (Wildman–Crippen MR) is 69.0 cm³/mol. The molecule has 1 aromatic rings. The van der Waals surface area contributed by atoms with Crippen molar-refractivity contribution in [2.24, 2.45) is 0 Å². The standard InChI is InChI=1S/C12H16N2O6/c1-2-3-6-4-14(12(19)13-10(6)18)11-9(17)8(16)7(5-15)20-11/h2-4,7-9,11,15-17H,5H2,1H3,(H,13,18,19)/b3-2-/t7-,8-,9-,11-/m1/s1. The Morgan fingerprint density at radius 3 is 2.65 bits per heavy atom. The van der Waals surface area contributed by atoms with Crippen LogP contribution >= 0.6 is 0 Å². The Labute approximate surface area is 113 Å². The third kappa shape index (κ3) is 2.46. The van der Waals surface area contributed by atoms with Gasteiger partial charge in [0.15, 0.2) is 6.23 Å². The van der Waals surface area contributed by atoms with Crippen LogP contribution in [0.4, 0.5) is 0 Å². The zero-order chi connectivity index (χ0) is 14.9. The third-order valence-electron chi connectivity index (χ3n) is 3.13. The lowest BCUT2D eigenvalue weighted by Gasteiger charge is -2.17. The lowest BCUT2D eigenvalue weighted by Crippen LogP contribution is -2.38. The monoisotopic (exact) mass is 284 g/mol. The lowest BCUT2D eigenvalue weighted by molar-refractivity contribution is -0.0550.